The van der Waals surface area contributed by atoms with Gasteiger partial charge in [-0.05, 0) is 63.6 Å². The van der Waals surface area contributed by atoms with Crippen LogP contribution in [0.25, 0.3) is 0 Å². The number of fused-ring (bicyclic) bond motifs is 2. The minimum atomic E-state index is -4.56. The number of hydrogen-bond donors (Lipinski definition) is 1. The molecule has 1 aromatic carbocycles. The third kappa shape index (κ3) is 4.25. The van der Waals surface area contributed by atoms with Gasteiger partial charge in [0.25, 0.3) is 10.0 Å². The maximum atomic E-state index is 12.9. The third-order valence-electron chi connectivity index (χ3n) is 6.36. The maximum Gasteiger partial charge on any atom is 0.416 e. The largest absolute Gasteiger partial charge is 0.416 e. The molecule has 0 radical (unpaired) electrons. The second-order valence-electron chi connectivity index (χ2n) is 8.65. The number of aromatic nitrogens is 1. The summed E-state index contributed by atoms with van der Waals surface area (Å²) in [4.78, 5) is 8.76. The first-order valence-electron chi connectivity index (χ1n) is 10.5. The second kappa shape index (κ2) is 8.18. The fraction of sp³-hybridized carbons (Fsp3) is 0.455. The summed E-state index contributed by atoms with van der Waals surface area (Å²) >= 11 is 0. The van der Waals surface area contributed by atoms with Gasteiger partial charge in [-0.1, -0.05) is 0 Å². The molecule has 2 fully saturated rings. The Morgan fingerprint density at radius 3 is 2.21 bits per heavy atom. The van der Waals surface area contributed by atoms with Crippen molar-refractivity contribution < 1.29 is 21.6 Å². The van der Waals surface area contributed by atoms with E-state index in [1.54, 1.807) is 13.8 Å². The fourth-order valence-corrected chi connectivity index (χ4v) is 5.96. The van der Waals surface area contributed by atoms with Crippen LogP contribution in [0, 0.1) is 25.2 Å². The van der Waals surface area contributed by atoms with Crippen LogP contribution in [0.4, 0.5) is 24.7 Å². The number of hydrogen-bond acceptors (Lipinski definition) is 6. The van der Waals surface area contributed by atoms with Crippen LogP contribution >= 0.6 is 0 Å². The number of likely N-dealkylation sites (tertiary alicyclic amines) is 1. The highest BCUT2D eigenvalue weighted by atomic mass is 32.2. The molecule has 1 N–H and O–H groups in total. The van der Waals surface area contributed by atoms with Gasteiger partial charge in [0.2, 0.25) is 0 Å². The number of alkyl halides is 3. The number of nitriles is 1. The molecule has 2 bridgehead atoms. The van der Waals surface area contributed by atoms with E-state index in [0.717, 1.165) is 50.2 Å². The van der Waals surface area contributed by atoms with Crippen LogP contribution in [-0.4, -0.2) is 50.5 Å². The van der Waals surface area contributed by atoms with Crippen LogP contribution in [0.1, 0.15) is 35.2 Å². The number of halogens is 3. The number of nitrogens with one attached hydrogen (secondary N) is 1. The lowest BCUT2D eigenvalue weighted by Crippen LogP contribution is -2.53. The first kappa shape index (κ1) is 23.3. The number of likely N-dealkylation sites (N-methyl/N-ethyl adjacent to an activating group) is 1. The van der Waals surface area contributed by atoms with Crippen LogP contribution in [0.15, 0.2) is 29.2 Å². The van der Waals surface area contributed by atoms with E-state index in [2.05, 4.69) is 32.6 Å². The SMILES string of the molecule is Cc1nc(N2C3CCC2CN(C)C3)c(C#N)c(C)c1NS(=O)(=O)c1ccc(C(F)(F)F)cc1. The van der Waals surface area contributed by atoms with Crippen LogP contribution in [0.2, 0.25) is 0 Å². The highest BCUT2D eigenvalue weighted by Gasteiger charge is 2.41. The zero-order valence-electron chi connectivity index (χ0n) is 18.4. The van der Waals surface area contributed by atoms with Crippen molar-refractivity contribution in [2.45, 2.75) is 49.8 Å². The maximum absolute atomic E-state index is 12.9. The van der Waals surface area contributed by atoms with Gasteiger partial charge < -0.3 is 9.80 Å². The standard InChI is InChI=1S/C22H24F3N5O2S/c1-13-19(10-26)21(30-16-6-7-17(30)12-29(3)11-16)27-14(2)20(13)28-33(31,32)18-8-4-15(5-9-18)22(23,24)25/h4-5,8-9,16-17,28H,6-7,11-12H2,1-3H3. The minimum Gasteiger partial charge on any atom is -0.347 e. The van der Waals surface area contributed by atoms with Crippen LogP contribution in [0.3, 0.4) is 0 Å². The number of anilines is 2. The molecule has 0 amide bonds. The quantitative estimate of drug-likeness (QED) is 0.720. The zero-order valence-corrected chi connectivity index (χ0v) is 19.3. The summed E-state index contributed by atoms with van der Waals surface area (Å²) in [6.45, 7) is 5.03. The van der Waals surface area contributed by atoms with Gasteiger partial charge in [0.05, 0.1) is 27.4 Å². The Labute approximate surface area is 190 Å². The number of benzene rings is 1. The number of aryl methyl sites for hydroxylation is 1. The normalized spacial score (nSPS) is 21.2. The van der Waals surface area contributed by atoms with E-state index in [-0.39, 0.29) is 22.7 Å². The smallest absolute Gasteiger partial charge is 0.347 e. The van der Waals surface area contributed by atoms with Gasteiger partial charge in [-0.15, -0.1) is 0 Å². The van der Waals surface area contributed by atoms with E-state index in [4.69, 9.17) is 0 Å². The van der Waals surface area contributed by atoms with E-state index in [9.17, 15) is 26.9 Å². The molecule has 4 rings (SSSR count). The number of pyridine rings is 1. The van der Waals surface area contributed by atoms with E-state index in [1.165, 1.54) is 0 Å². The van der Waals surface area contributed by atoms with Crippen molar-refractivity contribution >= 4 is 21.5 Å². The van der Waals surface area contributed by atoms with Crippen molar-refractivity contribution in [2.24, 2.45) is 0 Å². The van der Waals surface area contributed by atoms with Gasteiger partial charge in [0, 0.05) is 25.2 Å². The van der Waals surface area contributed by atoms with E-state index >= 15 is 0 Å². The van der Waals surface area contributed by atoms with Crippen molar-refractivity contribution in [1.82, 2.24) is 9.88 Å². The van der Waals surface area contributed by atoms with Crippen molar-refractivity contribution in [3.63, 3.8) is 0 Å². The molecule has 2 unspecified atom stereocenters. The molecular formula is C22H24F3N5O2S. The topological polar surface area (TPSA) is 89.3 Å². The Kier molecular flexibility index (Phi) is 5.78. The second-order valence-corrected chi connectivity index (χ2v) is 10.3. The molecule has 176 valence electrons. The average molecular weight is 480 g/mol. The third-order valence-corrected chi connectivity index (χ3v) is 7.72. The Morgan fingerprint density at radius 2 is 1.70 bits per heavy atom. The van der Waals surface area contributed by atoms with Gasteiger partial charge in [-0.2, -0.15) is 18.4 Å². The average Bonchev–Trinajstić information content (AvgIpc) is 3.01. The molecule has 0 saturated carbocycles. The van der Waals surface area contributed by atoms with E-state index < -0.39 is 21.8 Å². The molecule has 3 heterocycles. The summed E-state index contributed by atoms with van der Waals surface area (Å²) in [5.74, 6) is 0.561. The molecular weight excluding hydrogens is 455 g/mol. The van der Waals surface area contributed by atoms with Gasteiger partial charge in [0.1, 0.15) is 11.9 Å². The lowest BCUT2D eigenvalue weighted by atomic mass is 10.1. The molecule has 7 nitrogen and oxygen atoms in total. The predicted molar refractivity (Wildman–Crippen MR) is 117 cm³/mol. The predicted octanol–water partition coefficient (Wildman–Crippen LogP) is 3.67. The highest BCUT2D eigenvalue weighted by Crippen LogP contribution is 2.38. The summed E-state index contributed by atoms with van der Waals surface area (Å²) in [6.07, 6.45) is -2.56. The van der Waals surface area contributed by atoms with Crippen LogP contribution in [-0.2, 0) is 16.2 Å². The van der Waals surface area contributed by atoms with Gasteiger partial charge in [0.15, 0.2) is 0 Å². The minimum absolute atomic E-state index is 0.164. The van der Waals surface area contributed by atoms with Gasteiger partial charge in [-0.3, -0.25) is 4.72 Å². The lowest BCUT2D eigenvalue weighted by molar-refractivity contribution is -0.137. The molecule has 33 heavy (non-hydrogen) atoms. The monoisotopic (exact) mass is 479 g/mol. The summed E-state index contributed by atoms with van der Waals surface area (Å²) < 4.78 is 66.6. The molecule has 2 aliphatic heterocycles. The van der Waals surface area contributed by atoms with Crippen LogP contribution in [0.5, 0.6) is 0 Å². The molecule has 11 heteroatoms. The first-order chi connectivity index (χ1) is 15.4. The Bertz CT molecular complexity index is 1210. The summed E-state index contributed by atoms with van der Waals surface area (Å²) in [5, 5.41) is 9.90. The van der Waals surface area contributed by atoms with Crippen molar-refractivity contribution in [3.8, 4) is 6.07 Å². The van der Waals surface area contributed by atoms with Crippen molar-refractivity contribution in [3.05, 3.63) is 46.6 Å². The molecule has 2 saturated heterocycles. The molecule has 0 aliphatic carbocycles. The summed E-state index contributed by atoms with van der Waals surface area (Å²) in [5.41, 5.74) is 0.362. The molecule has 2 atom stereocenters. The van der Waals surface area contributed by atoms with Crippen LogP contribution < -0.4 is 9.62 Å². The summed E-state index contributed by atoms with van der Waals surface area (Å²) in [6, 6.07) is 5.91. The zero-order chi connectivity index (χ0) is 24.1. The number of piperazine rings is 1. The lowest BCUT2D eigenvalue weighted by Gasteiger charge is -2.41. The van der Waals surface area contributed by atoms with Gasteiger partial charge >= 0.3 is 6.18 Å². The Morgan fingerprint density at radius 1 is 1.12 bits per heavy atom. The molecule has 2 aromatic rings. The Balaban J connectivity index is 1.69. The first-order valence-corrected chi connectivity index (χ1v) is 12.0. The Hall–Kier alpha value is -2.84. The number of nitrogens with zero attached hydrogens (tertiary/aromatic N) is 4. The number of rotatable bonds is 4. The van der Waals surface area contributed by atoms with Gasteiger partial charge in [-0.25, -0.2) is 13.4 Å². The van der Waals surface area contributed by atoms with Crippen molar-refractivity contribution in [1.29, 1.82) is 5.26 Å². The molecule has 1 aromatic heterocycles. The van der Waals surface area contributed by atoms with Crippen molar-refractivity contribution in [2.75, 3.05) is 29.8 Å². The fourth-order valence-electron chi connectivity index (χ4n) is 4.78. The van der Waals surface area contributed by atoms with E-state index in [1.807, 2.05) is 0 Å². The highest BCUT2D eigenvalue weighted by molar-refractivity contribution is 7.92. The number of sulfonamides is 1. The summed E-state index contributed by atoms with van der Waals surface area (Å²) in [7, 11) is -2.12. The van der Waals surface area contributed by atoms with E-state index in [0.29, 0.717) is 22.6 Å². The molecule has 0 spiro atoms. The molecule has 2 aliphatic rings.